The molecule has 1 radical (unpaired) electrons. The van der Waals surface area contributed by atoms with Crippen molar-refractivity contribution in [2.45, 2.75) is 38.5 Å². The molecule has 1 spiro atoms. The zero-order valence-corrected chi connectivity index (χ0v) is 9.04. The number of fused-ring (bicyclic) bond motifs is 2. The lowest BCUT2D eigenvalue weighted by Gasteiger charge is -2.44. The molecule has 1 unspecified atom stereocenters. The van der Waals surface area contributed by atoms with Crippen LogP contribution in [0.15, 0.2) is 24.3 Å². The number of ketones is 1. The van der Waals surface area contributed by atoms with E-state index in [2.05, 4.69) is 24.3 Å². The maximum Gasteiger partial charge on any atom is 0.134 e. The molecule has 0 aliphatic heterocycles. The molecule has 3 aliphatic rings. The van der Waals surface area contributed by atoms with Gasteiger partial charge in [-0.2, -0.15) is 0 Å². The molecule has 0 saturated heterocycles. The highest BCUT2D eigenvalue weighted by atomic mass is 16.1. The SMILES string of the molecule is O=C1C[C]2C=CC=CC2C2(CCCC2)C1. The molecule has 0 aromatic heterocycles. The maximum atomic E-state index is 11.8. The van der Waals surface area contributed by atoms with Crippen molar-refractivity contribution in [3.05, 3.63) is 30.2 Å². The predicted octanol–water partition coefficient (Wildman–Crippen LogP) is 3.23. The van der Waals surface area contributed by atoms with Gasteiger partial charge < -0.3 is 0 Å². The van der Waals surface area contributed by atoms with Crippen LogP contribution >= 0.6 is 0 Å². The zero-order valence-electron chi connectivity index (χ0n) is 9.04. The van der Waals surface area contributed by atoms with Gasteiger partial charge in [0.15, 0.2) is 0 Å². The van der Waals surface area contributed by atoms with Gasteiger partial charge in [0.1, 0.15) is 5.78 Å². The van der Waals surface area contributed by atoms with Gasteiger partial charge in [-0.1, -0.05) is 37.1 Å². The van der Waals surface area contributed by atoms with Gasteiger partial charge in [-0.05, 0) is 24.2 Å². The minimum atomic E-state index is 0.311. The Bertz CT molecular complexity index is 331. The average Bonchev–Trinajstić information content (AvgIpc) is 2.67. The van der Waals surface area contributed by atoms with Crippen LogP contribution in [0, 0.1) is 17.3 Å². The van der Waals surface area contributed by atoms with Gasteiger partial charge in [0.2, 0.25) is 0 Å². The van der Waals surface area contributed by atoms with Crippen molar-refractivity contribution < 1.29 is 4.79 Å². The Kier molecular flexibility index (Phi) is 2.08. The van der Waals surface area contributed by atoms with E-state index >= 15 is 0 Å². The third-order valence-electron chi connectivity index (χ3n) is 4.33. The lowest BCUT2D eigenvalue weighted by Crippen LogP contribution is -2.39. The van der Waals surface area contributed by atoms with Gasteiger partial charge >= 0.3 is 0 Å². The molecule has 3 aliphatic carbocycles. The molecule has 0 aromatic rings. The van der Waals surface area contributed by atoms with Crippen molar-refractivity contribution in [2.24, 2.45) is 11.3 Å². The fourth-order valence-corrected chi connectivity index (χ4v) is 3.71. The van der Waals surface area contributed by atoms with Crippen LogP contribution in [0.1, 0.15) is 38.5 Å². The molecular formula is C14H17O. The molecular weight excluding hydrogens is 184 g/mol. The lowest BCUT2D eigenvalue weighted by atomic mass is 9.59. The molecule has 1 heteroatoms. The summed E-state index contributed by atoms with van der Waals surface area (Å²) in [5.41, 5.74) is 0.311. The first-order chi connectivity index (χ1) is 7.30. The molecule has 2 saturated carbocycles. The summed E-state index contributed by atoms with van der Waals surface area (Å²) in [6.07, 6.45) is 15.4. The summed E-state index contributed by atoms with van der Waals surface area (Å²) in [6.45, 7) is 0. The van der Waals surface area contributed by atoms with Gasteiger partial charge in [0.05, 0.1) is 0 Å². The highest BCUT2D eigenvalue weighted by Crippen LogP contribution is 2.55. The second-order valence-electron chi connectivity index (χ2n) is 5.26. The fourth-order valence-electron chi connectivity index (χ4n) is 3.71. The first-order valence-electron chi connectivity index (χ1n) is 6.02. The molecule has 2 fully saturated rings. The Labute approximate surface area is 91.2 Å². The fraction of sp³-hybridized carbons (Fsp3) is 0.571. The van der Waals surface area contributed by atoms with Crippen LogP contribution in [-0.2, 0) is 4.79 Å². The summed E-state index contributed by atoms with van der Waals surface area (Å²) >= 11 is 0. The second kappa shape index (κ2) is 3.33. The van der Waals surface area contributed by atoms with Crippen LogP contribution in [0.2, 0.25) is 0 Å². The third kappa shape index (κ3) is 1.40. The van der Waals surface area contributed by atoms with Crippen LogP contribution in [0.3, 0.4) is 0 Å². The van der Waals surface area contributed by atoms with Crippen molar-refractivity contribution in [1.82, 2.24) is 0 Å². The summed E-state index contributed by atoms with van der Waals surface area (Å²) in [4.78, 5) is 11.8. The van der Waals surface area contributed by atoms with Gasteiger partial charge in [0.25, 0.3) is 0 Å². The minimum Gasteiger partial charge on any atom is -0.300 e. The first kappa shape index (κ1) is 9.38. The number of Topliss-reactive ketones (excluding diaryl/α,β-unsaturated/α-hetero) is 1. The Morgan fingerprint density at radius 2 is 2.00 bits per heavy atom. The highest BCUT2D eigenvalue weighted by molar-refractivity contribution is 5.83. The van der Waals surface area contributed by atoms with Crippen molar-refractivity contribution >= 4 is 5.78 Å². The molecule has 3 rings (SSSR count). The summed E-state index contributed by atoms with van der Waals surface area (Å²) in [6, 6.07) is 0. The molecule has 1 nitrogen and oxygen atoms in total. The molecule has 1 atom stereocenters. The number of hydrogen-bond donors (Lipinski definition) is 0. The lowest BCUT2D eigenvalue weighted by molar-refractivity contribution is -0.123. The van der Waals surface area contributed by atoms with Gasteiger partial charge in [0, 0.05) is 18.8 Å². The van der Waals surface area contributed by atoms with E-state index in [1.165, 1.54) is 31.6 Å². The zero-order chi connectivity index (χ0) is 10.3. The number of hydrogen-bond acceptors (Lipinski definition) is 1. The predicted molar refractivity (Wildman–Crippen MR) is 60.2 cm³/mol. The summed E-state index contributed by atoms with van der Waals surface area (Å²) < 4.78 is 0. The summed E-state index contributed by atoms with van der Waals surface area (Å²) in [7, 11) is 0. The van der Waals surface area contributed by atoms with E-state index in [0.717, 1.165) is 6.42 Å². The number of carbonyl (C=O) groups is 1. The standard InChI is InChI=1S/C14H17O/c15-12-9-11-5-1-2-6-13(11)14(10-12)7-3-4-8-14/h1-2,5-6,13H,3-4,7-10H2. The second-order valence-corrected chi connectivity index (χ2v) is 5.26. The van der Waals surface area contributed by atoms with E-state index in [1.807, 2.05) is 0 Å². The molecule has 79 valence electrons. The molecule has 0 bridgehead atoms. The Balaban J connectivity index is 1.95. The van der Waals surface area contributed by atoms with Crippen LogP contribution in [0.4, 0.5) is 0 Å². The minimum absolute atomic E-state index is 0.311. The Morgan fingerprint density at radius 1 is 1.20 bits per heavy atom. The van der Waals surface area contributed by atoms with Crippen LogP contribution in [0.5, 0.6) is 0 Å². The van der Waals surface area contributed by atoms with E-state index in [-0.39, 0.29) is 0 Å². The van der Waals surface area contributed by atoms with E-state index in [1.54, 1.807) is 0 Å². The molecule has 0 N–H and O–H groups in total. The number of rotatable bonds is 0. The first-order valence-corrected chi connectivity index (χ1v) is 6.02. The molecule has 0 aromatic carbocycles. The monoisotopic (exact) mass is 201 g/mol. The number of carbonyl (C=O) groups excluding carboxylic acids is 1. The third-order valence-corrected chi connectivity index (χ3v) is 4.33. The smallest absolute Gasteiger partial charge is 0.134 e. The molecule has 0 amide bonds. The van der Waals surface area contributed by atoms with E-state index in [4.69, 9.17) is 0 Å². The normalized spacial score (nSPS) is 33.6. The topological polar surface area (TPSA) is 17.1 Å². The average molecular weight is 201 g/mol. The highest BCUT2D eigenvalue weighted by Gasteiger charge is 2.48. The van der Waals surface area contributed by atoms with Crippen LogP contribution in [-0.4, -0.2) is 5.78 Å². The molecule has 15 heavy (non-hydrogen) atoms. The van der Waals surface area contributed by atoms with E-state index < -0.39 is 0 Å². The van der Waals surface area contributed by atoms with E-state index in [9.17, 15) is 4.79 Å². The summed E-state index contributed by atoms with van der Waals surface area (Å²) in [5.74, 6) is 2.40. The maximum absolute atomic E-state index is 11.8. The number of allylic oxidation sites excluding steroid dienone is 4. The van der Waals surface area contributed by atoms with Gasteiger partial charge in [-0.3, -0.25) is 4.79 Å². The van der Waals surface area contributed by atoms with Gasteiger partial charge in [-0.25, -0.2) is 0 Å². The Hall–Kier alpha value is -0.850. The van der Waals surface area contributed by atoms with Crippen molar-refractivity contribution in [3.63, 3.8) is 0 Å². The quantitative estimate of drug-likeness (QED) is 0.588. The van der Waals surface area contributed by atoms with Gasteiger partial charge in [-0.15, -0.1) is 0 Å². The summed E-state index contributed by atoms with van der Waals surface area (Å²) in [5, 5.41) is 0. The molecule has 0 heterocycles. The Morgan fingerprint density at radius 3 is 2.80 bits per heavy atom. The van der Waals surface area contributed by atoms with Crippen molar-refractivity contribution in [1.29, 1.82) is 0 Å². The van der Waals surface area contributed by atoms with E-state index in [0.29, 0.717) is 23.5 Å². The largest absolute Gasteiger partial charge is 0.300 e. The van der Waals surface area contributed by atoms with Crippen molar-refractivity contribution in [3.8, 4) is 0 Å². The van der Waals surface area contributed by atoms with Crippen LogP contribution < -0.4 is 0 Å². The van der Waals surface area contributed by atoms with Crippen molar-refractivity contribution in [2.75, 3.05) is 0 Å². The van der Waals surface area contributed by atoms with Crippen LogP contribution in [0.25, 0.3) is 0 Å².